The molecule has 0 atom stereocenters. The van der Waals surface area contributed by atoms with Gasteiger partial charge < -0.3 is 5.32 Å². The Balaban J connectivity index is 2.50. The molecule has 0 saturated heterocycles. The molecule has 0 fully saturated rings. The fourth-order valence-corrected chi connectivity index (χ4v) is 2.33. The fourth-order valence-electron chi connectivity index (χ4n) is 1.79. The lowest BCUT2D eigenvalue weighted by Crippen LogP contribution is -2.05. The second kappa shape index (κ2) is 5.83. The predicted octanol–water partition coefficient (Wildman–Crippen LogP) is 4.63. The van der Waals surface area contributed by atoms with Gasteiger partial charge in [0.05, 0.1) is 0 Å². The molecule has 1 N–H and O–H groups in total. The lowest BCUT2D eigenvalue weighted by atomic mass is 10.0. The van der Waals surface area contributed by atoms with E-state index in [9.17, 15) is 4.39 Å². The second-order valence-electron chi connectivity index (χ2n) is 3.96. The standard InChI is InChI=1S/C14H12BrClFN/c1-18-8-10-6-9(2-4-13(10)16)12-7-11(15)3-5-14(12)17/h2-7,18H,8H2,1H3. The van der Waals surface area contributed by atoms with Crippen LogP contribution < -0.4 is 5.32 Å². The summed E-state index contributed by atoms with van der Waals surface area (Å²) in [5.41, 5.74) is 2.35. The van der Waals surface area contributed by atoms with E-state index in [1.807, 2.05) is 19.2 Å². The Bertz CT molecular complexity index is 572. The molecule has 2 rings (SSSR count). The van der Waals surface area contributed by atoms with E-state index in [2.05, 4.69) is 21.2 Å². The highest BCUT2D eigenvalue weighted by molar-refractivity contribution is 9.10. The number of hydrogen-bond donors (Lipinski definition) is 1. The molecule has 4 heteroatoms. The molecule has 0 amide bonds. The van der Waals surface area contributed by atoms with E-state index in [0.717, 1.165) is 15.6 Å². The van der Waals surface area contributed by atoms with Gasteiger partial charge in [-0.25, -0.2) is 4.39 Å². The van der Waals surface area contributed by atoms with Crippen LogP contribution in [-0.2, 0) is 6.54 Å². The van der Waals surface area contributed by atoms with E-state index < -0.39 is 0 Å². The number of nitrogens with one attached hydrogen (secondary N) is 1. The molecule has 94 valence electrons. The maximum Gasteiger partial charge on any atom is 0.131 e. The largest absolute Gasteiger partial charge is 0.316 e. The Morgan fingerprint density at radius 1 is 1.22 bits per heavy atom. The zero-order valence-electron chi connectivity index (χ0n) is 9.81. The molecular formula is C14H12BrClFN. The number of benzene rings is 2. The van der Waals surface area contributed by atoms with Gasteiger partial charge in [0, 0.05) is 21.6 Å². The van der Waals surface area contributed by atoms with Crippen molar-refractivity contribution in [1.82, 2.24) is 5.32 Å². The van der Waals surface area contributed by atoms with Gasteiger partial charge in [-0.15, -0.1) is 0 Å². The summed E-state index contributed by atoms with van der Waals surface area (Å²) in [7, 11) is 1.85. The molecule has 0 aliphatic rings. The first-order valence-corrected chi connectivity index (χ1v) is 6.67. The highest BCUT2D eigenvalue weighted by atomic mass is 79.9. The van der Waals surface area contributed by atoms with E-state index >= 15 is 0 Å². The minimum atomic E-state index is -0.240. The highest BCUT2D eigenvalue weighted by Gasteiger charge is 2.08. The molecule has 1 nitrogen and oxygen atoms in total. The van der Waals surface area contributed by atoms with Crippen LogP contribution in [0.2, 0.25) is 5.02 Å². The maximum atomic E-state index is 13.8. The molecule has 0 spiro atoms. The third-order valence-corrected chi connectivity index (χ3v) is 3.51. The van der Waals surface area contributed by atoms with Gasteiger partial charge in [0.15, 0.2) is 0 Å². The molecule has 0 bridgehead atoms. The van der Waals surface area contributed by atoms with Crippen LogP contribution in [0.3, 0.4) is 0 Å². The van der Waals surface area contributed by atoms with Crippen molar-refractivity contribution in [3.05, 3.63) is 57.3 Å². The van der Waals surface area contributed by atoms with Crippen LogP contribution in [0.15, 0.2) is 40.9 Å². The highest BCUT2D eigenvalue weighted by Crippen LogP contribution is 2.29. The Labute approximate surface area is 119 Å². The van der Waals surface area contributed by atoms with Crippen molar-refractivity contribution in [1.29, 1.82) is 0 Å². The van der Waals surface area contributed by atoms with Gasteiger partial charge in [-0.2, -0.15) is 0 Å². The lowest BCUT2D eigenvalue weighted by molar-refractivity contribution is 0.631. The van der Waals surface area contributed by atoms with E-state index in [1.165, 1.54) is 6.07 Å². The zero-order chi connectivity index (χ0) is 13.1. The number of halogens is 3. The van der Waals surface area contributed by atoms with Crippen molar-refractivity contribution in [2.75, 3.05) is 7.05 Å². The smallest absolute Gasteiger partial charge is 0.131 e. The summed E-state index contributed by atoms with van der Waals surface area (Å²) in [5, 5.41) is 3.73. The molecular weight excluding hydrogens is 317 g/mol. The summed E-state index contributed by atoms with van der Waals surface area (Å²) >= 11 is 9.44. The average Bonchev–Trinajstić information content (AvgIpc) is 2.35. The number of rotatable bonds is 3. The monoisotopic (exact) mass is 327 g/mol. The maximum absolute atomic E-state index is 13.8. The molecule has 18 heavy (non-hydrogen) atoms. The summed E-state index contributed by atoms with van der Waals surface area (Å²) in [6, 6.07) is 10.4. The van der Waals surface area contributed by atoms with Gasteiger partial charge >= 0.3 is 0 Å². The Hall–Kier alpha value is -0.900. The molecule has 2 aromatic rings. The third kappa shape index (κ3) is 2.91. The van der Waals surface area contributed by atoms with Crippen molar-refractivity contribution in [3.8, 4) is 11.1 Å². The van der Waals surface area contributed by atoms with E-state index in [0.29, 0.717) is 17.1 Å². The molecule has 0 aromatic heterocycles. The van der Waals surface area contributed by atoms with E-state index in [1.54, 1.807) is 18.2 Å². The fraction of sp³-hybridized carbons (Fsp3) is 0.143. The number of hydrogen-bond acceptors (Lipinski definition) is 1. The van der Waals surface area contributed by atoms with Crippen LogP contribution in [0.25, 0.3) is 11.1 Å². The Morgan fingerprint density at radius 3 is 2.72 bits per heavy atom. The minimum Gasteiger partial charge on any atom is -0.316 e. The van der Waals surface area contributed by atoms with Gasteiger partial charge in [-0.3, -0.25) is 0 Å². The SMILES string of the molecule is CNCc1cc(-c2cc(Br)ccc2F)ccc1Cl. The molecule has 0 saturated carbocycles. The molecule has 0 radical (unpaired) electrons. The van der Waals surface area contributed by atoms with Crippen molar-refractivity contribution in [2.24, 2.45) is 0 Å². The van der Waals surface area contributed by atoms with Gasteiger partial charge in [-0.05, 0) is 48.5 Å². The normalized spacial score (nSPS) is 10.7. The first kappa shape index (κ1) is 13.5. The van der Waals surface area contributed by atoms with Crippen molar-refractivity contribution in [3.63, 3.8) is 0 Å². The van der Waals surface area contributed by atoms with Crippen molar-refractivity contribution in [2.45, 2.75) is 6.54 Å². The van der Waals surface area contributed by atoms with Crippen LogP contribution in [0.4, 0.5) is 4.39 Å². The summed E-state index contributed by atoms with van der Waals surface area (Å²) in [6.07, 6.45) is 0. The lowest BCUT2D eigenvalue weighted by Gasteiger charge is -2.09. The second-order valence-corrected chi connectivity index (χ2v) is 5.28. The topological polar surface area (TPSA) is 12.0 Å². The van der Waals surface area contributed by atoms with Gasteiger partial charge in [-0.1, -0.05) is 33.6 Å². The molecule has 0 heterocycles. The summed E-state index contributed by atoms with van der Waals surface area (Å²) in [4.78, 5) is 0. The van der Waals surface area contributed by atoms with Gasteiger partial charge in [0.1, 0.15) is 5.82 Å². The molecule has 2 aromatic carbocycles. The van der Waals surface area contributed by atoms with Crippen molar-refractivity contribution >= 4 is 27.5 Å². The zero-order valence-corrected chi connectivity index (χ0v) is 12.1. The molecule has 0 unspecified atom stereocenters. The Kier molecular flexibility index (Phi) is 4.38. The van der Waals surface area contributed by atoms with Crippen LogP contribution >= 0.6 is 27.5 Å². The van der Waals surface area contributed by atoms with E-state index in [4.69, 9.17) is 11.6 Å². The van der Waals surface area contributed by atoms with Crippen LogP contribution in [0, 0.1) is 5.82 Å². The minimum absolute atomic E-state index is 0.240. The Morgan fingerprint density at radius 2 is 2.00 bits per heavy atom. The first-order chi connectivity index (χ1) is 8.61. The summed E-state index contributed by atoms with van der Waals surface area (Å²) in [6.45, 7) is 0.655. The summed E-state index contributed by atoms with van der Waals surface area (Å²) in [5.74, 6) is -0.240. The third-order valence-electron chi connectivity index (χ3n) is 2.65. The van der Waals surface area contributed by atoms with Crippen LogP contribution in [0.5, 0.6) is 0 Å². The van der Waals surface area contributed by atoms with Crippen LogP contribution in [0.1, 0.15) is 5.56 Å². The van der Waals surface area contributed by atoms with Crippen LogP contribution in [-0.4, -0.2) is 7.05 Å². The molecule has 0 aliphatic heterocycles. The van der Waals surface area contributed by atoms with E-state index in [-0.39, 0.29) is 5.82 Å². The quantitative estimate of drug-likeness (QED) is 0.866. The first-order valence-electron chi connectivity index (χ1n) is 5.50. The van der Waals surface area contributed by atoms with Gasteiger partial charge in [0.25, 0.3) is 0 Å². The average molecular weight is 329 g/mol. The van der Waals surface area contributed by atoms with Crippen molar-refractivity contribution < 1.29 is 4.39 Å². The predicted molar refractivity (Wildman–Crippen MR) is 77.3 cm³/mol. The summed E-state index contributed by atoms with van der Waals surface area (Å²) < 4.78 is 14.7. The van der Waals surface area contributed by atoms with Gasteiger partial charge in [0.2, 0.25) is 0 Å². The molecule has 0 aliphatic carbocycles.